The average molecular weight is 204 g/mol. The van der Waals surface area contributed by atoms with E-state index >= 15 is 0 Å². The van der Waals surface area contributed by atoms with Crippen LogP contribution < -0.4 is 0 Å². The molecule has 0 unspecified atom stereocenters. The van der Waals surface area contributed by atoms with Gasteiger partial charge in [-0.15, -0.1) is 0 Å². The van der Waals surface area contributed by atoms with Crippen molar-refractivity contribution in [3.63, 3.8) is 0 Å². The minimum Gasteiger partial charge on any atom is -0.396 e. The Balaban J connectivity index is 3.89. The van der Waals surface area contributed by atoms with Gasteiger partial charge in [0.05, 0.1) is 38.4 Å². The molecule has 0 atom stereocenters. The van der Waals surface area contributed by atoms with E-state index in [0.717, 1.165) is 5.57 Å². The van der Waals surface area contributed by atoms with Gasteiger partial charge in [-0.3, -0.25) is 0 Å². The molecule has 4 heteroatoms. The highest BCUT2D eigenvalue weighted by Gasteiger charge is 2.28. The zero-order valence-corrected chi connectivity index (χ0v) is 8.86. The number of aliphatic hydroxyl groups is 3. The molecular weight excluding hydrogens is 184 g/mol. The predicted octanol–water partition coefficient (Wildman–Crippen LogP) is -0.0675. The minimum atomic E-state index is -0.921. The van der Waals surface area contributed by atoms with E-state index < -0.39 is 5.41 Å². The van der Waals surface area contributed by atoms with Crippen LogP contribution in [0.3, 0.4) is 0 Å². The van der Waals surface area contributed by atoms with Gasteiger partial charge in [0, 0.05) is 0 Å². The smallest absolute Gasteiger partial charge is 0.0650 e. The quantitative estimate of drug-likeness (QED) is 0.401. The average Bonchev–Trinajstić information content (AvgIpc) is 2.19. The molecule has 84 valence electrons. The highest BCUT2D eigenvalue weighted by atomic mass is 16.5. The molecule has 0 radical (unpaired) electrons. The van der Waals surface area contributed by atoms with Crippen LogP contribution in [-0.4, -0.2) is 48.4 Å². The molecule has 0 spiro atoms. The Bertz CT molecular complexity index is 161. The number of ether oxygens (including phenoxy) is 1. The third kappa shape index (κ3) is 4.72. The van der Waals surface area contributed by atoms with E-state index in [-0.39, 0.29) is 26.4 Å². The molecule has 0 aliphatic carbocycles. The molecule has 0 aliphatic heterocycles. The largest absolute Gasteiger partial charge is 0.396 e. The van der Waals surface area contributed by atoms with Gasteiger partial charge in [-0.05, 0) is 13.8 Å². The maximum absolute atomic E-state index is 8.97. The summed E-state index contributed by atoms with van der Waals surface area (Å²) >= 11 is 0. The van der Waals surface area contributed by atoms with Crippen molar-refractivity contribution in [3.8, 4) is 0 Å². The summed E-state index contributed by atoms with van der Waals surface area (Å²) in [6, 6.07) is 0. The van der Waals surface area contributed by atoms with Gasteiger partial charge in [0.2, 0.25) is 0 Å². The normalized spacial score (nSPS) is 11.5. The third-order valence-corrected chi connectivity index (χ3v) is 2.02. The summed E-state index contributed by atoms with van der Waals surface area (Å²) in [7, 11) is 0. The van der Waals surface area contributed by atoms with Crippen molar-refractivity contribution >= 4 is 0 Å². The molecule has 0 saturated heterocycles. The van der Waals surface area contributed by atoms with Crippen LogP contribution in [0.1, 0.15) is 13.8 Å². The second-order valence-electron chi connectivity index (χ2n) is 3.77. The number of rotatable bonds is 7. The second-order valence-corrected chi connectivity index (χ2v) is 3.77. The third-order valence-electron chi connectivity index (χ3n) is 2.02. The van der Waals surface area contributed by atoms with Crippen LogP contribution in [0.5, 0.6) is 0 Å². The van der Waals surface area contributed by atoms with E-state index in [1.807, 2.05) is 19.9 Å². The van der Waals surface area contributed by atoms with Gasteiger partial charge in [-0.25, -0.2) is 0 Å². The van der Waals surface area contributed by atoms with Crippen molar-refractivity contribution in [2.24, 2.45) is 5.41 Å². The maximum atomic E-state index is 8.97. The summed E-state index contributed by atoms with van der Waals surface area (Å²) in [5.41, 5.74) is 0.225. The first-order chi connectivity index (χ1) is 6.60. The van der Waals surface area contributed by atoms with Gasteiger partial charge < -0.3 is 20.1 Å². The maximum Gasteiger partial charge on any atom is 0.0650 e. The number of allylic oxidation sites excluding steroid dienone is 1. The SMILES string of the molecule is CC(C)=CCOCC(CO)(CO)CO. The second kappa shape index (κ2) is 6.95. The van der Waals surface area contributed by atoms with Crippen molar-refractivity contribution < 1.29 is 20.1 Å². The summed E-state index contributed by atoms with van der Waals surface area (Å²) < 4.78 is 5.23. The molecule has 4 nitrogen and oxygen atoms in total. The fourth-order valence-corrected chi connectivity index (χ4v) is 0.788. The highest BCUT2D eigenvalue weighted by Crippen LogP contribution is 2.14. The van der Waals surface area contributed by atoms with Crippen LogP contribution in [0.4, 0.5) is 0 Å². The van der Waals surface area contributed by atoms with Gasteiger partial charge in [-0.1, -0.05) is 11.6 Å². The van der Waals surface area contributed by atoms with E-state index in [0.29, 0.717) is 6.61 Å². The number of hydrogen-bond acceptors (Lipinski definition) is 4. The molecule has 14 heavy (non-hydrogen) atoms. The Hall–Kier alpha value is -0.420. The molecule has 0 amide bonds. The molecule has 0 aromatic carbocycles. The number of hydrogen-bond donors (Lipinski definition) is 3. The first-order valence-corrected chi connectivity index (χ1v) is 4.64. The van der Waals surface area contributed by atoms with Crippen molar-refractivity contribution in [1.29, 1.82) is 0 Å². The van der Waals surface area contributed by atoms with Crippen molar-refractivity contribution in [2.75, 3.05) is 33.0 Å². The monoisotopic (exact) mass is 204 g/mol. The van der Waals surface area contributed by atoms with Crippen molar-refractivity contribution in [3.05, 3.63) is 11.6 Å². The first kappa shape index (κ1) is 13.6. The molecule has 0 aliphatic rings. The zero-order valence-electron chi connectivity index (χ0n) is 8.86. The summed E-state index contributed by atoms with van der Waals surface area (Å²) in [5, 5.41) is 26.9. The zero-order chi connectivity index (χ0) is 11.0. The van der Waals surface area contributed by atoms with Crippen LogP contribution >= 0.6 is 0 Å². The van der Waals surface area contributed by atoms with Gasteiger partial charge in [0.15, 0.2) is 0 Å². The lowest BCUT2D eigenvalue weighted by Crippen LogP contribution is -2.38. The summed E-state index contributed by atoms with van der Waals surface area (Å²) in [4.78, 5) is 0. The van der Waals surface area contributed by atoms with Crippen LogP contribution in [-0.2, 0) is 4.74 Å². The standard InChI is InChI=1S/C10H20O4/c1-9(2)3-4-14-8-10(5-11,6-12)7-13/h3,11-13H,4-8H2,1-2H3. The Kier molecular flexibility index (Phi) is 6.74. The topological polar surface area (TPSA) is 69.9 Å². The first-order valence-electron chi connectivity index (χ1n) is 4.64. The predicted molar refractivity (Wildman–Crippen MR) is 53.9 cm³/mol. The van der Waals surface area contributed by atoms with Crippen LogP contribution in [0, 0.1) is 5.41 Å². The molecule has 0 bridgehead atoms. The van der Waals surface area contributed by atoms with Crippen LogP contribution in [0.2, 0.25) is 0 Å². The Labute approximate surface area is 84.8 Å². The fraction of sp³-hybridized carbons (Fsp3) is 0.800. The molecule has 0 rings (SSSR count). The summed E-state index contributed by atoms with van der Waals surface area (Å²) in [6.45, 7) is 3.66. The van der Waals surface area contributed by atoms with Crippen molar-refractivity contribution in [2.45, 2.75) is 13.8 Å². The lowest BCUT2D eigenvalue weighted by atomic mass is 9.93. The van der Waals surface area contributed by atoms with Gasteiger partial charge in [0.25, 0.3) is 0 Å². The fourth-order valence-electron chi connectivity index (χ4n) is 0.788. The molecule has 3 N–H and O–H groups in total. The number of aliphatic hydroxyl groups excluding tert-OH is 3. The highest BCUT2D eigenvalue weighted by molar-refractivity contribution is 4.92. The minimum absolute atomic E-state index is 0.153. The summed E-state index contributed by atoms with van der Waals surface area (Å²) in [6.07, 6.45) is 1.90. The van der Waals surface area contributed by atoms with Gasteiger partial charge in [0.1, 0.15) is 0 Å². The van der Waals surface area contributed by atoms with Crippen molar-refractivity contribution in [1.82, 2.24) is 0 Å². The molecule has 0 aromatic heterocycles. The van der Waals surface area contributed by atoms with Crippen LogP contribution in [0.15, 0.2) is 11.6 Å². The Morgan fingerprint density at radius 3 is 2.00 bits per heavy atom. The lowest BCUT2D eigenvalue weighted by Gasteiger charge is -2.26. The Morgan fingerprint density at radius 2 is 1.64 bits per heavy atom. The van der Waals surface area contributed by atoms with Gasteiger partial charge in [-0.2, -0.15) is 0 Å². The van der Waals surface area contributed by atoms with E-state index in [1.54, 1.807) is 0 Å². The summed E-state index contributed by atoms with van der Waals surface area (Å²) in [5.74, 6) is 0. The molecule has 0 fully saturated rings. The molecule has 0 aromatic rings. The van der Waals surface area contributed by atoms with E-state index in [9.17, 15) is 0 Å². The lowest BCUT2D eigenvalue weighted by molar-refractivity contribution is -0.0524. The van der Waals surface area contributed by atoms with Gasteiger partial charge >= 0.3 is 0 Å². The van der Waals surface area contributed by atoms with E-state index in [4.69, 9.17) is 20.1 Å². The Morgan fingerprint density at radius 1 is 1.14 bits per heavy atom. The van der Waals surface area contributed by atoms with E-state index in [2.05, 4.69) is 0 Å². The molecule has 0 heterocycles. The van der Waals surface area contributed by atoms with Crippen LogP contribution in [0.25, 0.3) is 0 Å². The molecule has 0 saturated carbocycles. The molecular formula is C10H20O4. The van der Waals surface area contributed by atoms with E-state index in [1.165, 1.54) is 0 Å².